The van der Waals surface area contributed by atoms with Crippen molar-refractivity contribution in [2.45, 2.75) is 31.2 Å². The fourth-order valence-corrected chi connectivity index (χ4v) is 4.65. The Kier molecular flexibility index (Phi) is 7.47. The molecule has 3 aromatic rings. The zero-order valence-electron chi connectivity index (χ0n) is 19.3. The van der Waals surface area contributed by atoms with Crippen LogP contribution in [0, 0.1) is 0 Å². The molecule has 1 unspecified atom stereocenters. The minimum absolute atomic E-state index is 0.192. The molecule has 0 aliphatic carbocycles. The Labute approximate surface area is 204 Å². The summed E-state index contributed by atoms with van der Waals surface area (Å²) in [5.41, 5.74) is 5.18. The Morgan fingerprint density at radius 2 is 1.88 bits per heavy atom. The number of rotatable bonds is 8. The summed E-state index contributed by atoms with van der Waals surface area (Å²) in [5.74, 6) is 1.06. The zero-order chi connectivity index (χ0) is 23.4. The Morgan fingerprint density at radius 1 is 1.15 bits per heavy atom. The average Bonchev–Trinajstić information content (AvgIpc) is 3.33. The maximum absolute atomic E-state index is 5.81. The SMILES string of the molecule is CCc1ccc(-c2noc(C3=C(C)N(CCOC)C(=S)NC3c3ccc(SC)cc3)n2)cc1. The molecular weight excluding hydrogens is 452 g/mol. The van der Waals surface area contributed by atoms with E-state index in [9.17, 15) is 0 Å². The Hall–Kier alpha value is -2.68. The first kappa shape index (κ1) is 23.5. The summed E-state index contributed by atoms with van der Waals surface area (Å²) in [6.45, 7) is 5.37. The minimum Gasteiger partial charge on any atom is -0.383 e. The molecule has 0 spiro atoms. The standard InChI is InChI=1S/C25H28N4O2S2/c1-5-17-6-8-19(9-7-17)23-27-24(31-28-23)21-16(2)29(14-15-30-3)25(32)26-22(21)18-10-12-20(33-4)13-11-18/h6-13,22H,5,14-15H2,1-4H3,(H,26,32). The van der Waals surface area contributed by atoms with Gasteiger partial charge >= 0.3 is 0 Å². The van der Waals surface area contributed by atoms with Gasteiger partial charge < -0.3 is 19.5 Å². The van der Waals surface area contributed by atoms with E-state index < -0.39 is 0 Å². The quantitative estimate of drug-likeness (QED) is 0.343. The lowest BCUT2D eigenvalue weighted by Gasteiger charge is -2.37. The molecule has 172 valence electrons. The van der Waals surface area contributed by atoms with Crippen LogP contribution in [0.25, 0.3) is 17.0 Å². The molecule has 1 aliphatic heterocycles. The van der Waals surface area contributed by atoms with Crippen molar-refractivity contribution in [2.75, 3.05) is 26.5 Å². The van der Waals surface area contributed by atoms with E-state index >= 15 is 0 Å². The predicted molar refractivity (Wildman–Crippen MR) is 137 cm³/mol. The van der Waals surface area contributed by atoms with Crippen LogP contribution in [0.15, 0.2) is 63.6 Å². The van der Waals surface area contributed by atoms with Gasteiger partial charge in [0.2, 0.25) is 5.82 Å². The van der Waals surface area contributed by atoms with Gasteiger partial charge in [-0.1, -0.05) is 48.5 Å². The molecule has 0 saturated heterocycles. The summed E-state index contributed by atoms with van der Waals surface area (Å²) < 4.78 is 11.1. The van der Waals surface area contributed by atoms with Gasteiger partial charge in [-0.2, -0.15) is 4.98 Å². The van der Waals surface area contributed by atoms with Crippen molar-refractivity contribution in [1.82, 2.24) is 20.4 Å². The maximum atomic E-state index is 5.81. The first-order chi connectivity index (χ1) is 16.0. The number of methoxy groups -OCH3 is 1. The van der Waals surface area contributed by atoms with Gasteiger partial charge in [0.05, 0.1) is 18.2 Å². The Morgan fingerprint density at radius 3 is 2.52 bits per heavy atom. The predicted octanol–water partition coefficient (Wildman–Crippen LogP) is 5.33. The van der Waals surface area contributed by atoms with E-state index in [2.05, 4.69) is 60.1 Å². The van der Waals surface area contributed by atoms with Crippen LogP contribution in [0.4, 0.5) is 0 Å². The first-order valence-electron chi connectivity index (χ1n) is 10.9. The fourth-order valence-electron chi connectivity index (χ4n) is 3.90. The van der Waals surface area contributed by atoms with Crippen molar-refractivity contribution in [2.24, 2.45) is 0 Å². The average molecular weight is 481 g/mol. The Balaban J connectivity index is 1.76. The molecule has 1 aromatic heterocycles. The minimum atomic E-state index is -0.192. The molecule has 1 aliphatic rings. The molecule has 33 heavy (non-hydrogen) atoms. The molecule has 1 atom stereocenters. The number of benzene rings is 2. The van der Waals surface area contributed by atoms with Gasteiger partial charge in [0.15, 0.2) is 5.11 Å². The number of nitrogens with one attached hydrogen (secondary N) is 1. The van der Waals surface area contributed by atoms with E-state index in [1.54, 1.807) is 18.9 Å². The van der Waals surface area contributed by atoms with Crippen LogP contribution in [0.2, 0.25) is 0 Å². The van der Waals surface area contributed by atoms with Crippen LogP contribution in [0.1, 0.15) is 36.9 Å². The second-order valence-corrected chi connectivity index (χ2v) is 9.04. The lowest BCUT2D eigenvalue weighted by Crippen LogP contribution is -2.47. The second kappa shape index (κ2) is 10.5. The lowest BCUT2D eigenvalue weighted by molar-refractivity contribution is 0.183. The first-order valence-corrected chi connectivity index (χ1v) is 12.5. The van der Waals surface area contributed by atoms with Gasteiger partial charge in [0.1, 0.15) is 0 Å². The smallest absolute Gasteiger partial charge is 0.258 e. The molecule has 0 amide bonds. The monoisotopic (exact) mass is 480 g/mol. The van der Waals surface area contributed by atoms with Gasteiger partial charge in [0, 0.05) is 29.8 Å². The number of nitrogens with zero attached hydrogens (tertiary/aromatic N) is 3. The molecule has 0 radical (unpaired) electrons. The van der Waals surface area contributed by atoms with Gasteiger partial charge in [-0.15, -0.1) is 11.8 Å². The molecule has 6 nitrogen and oxygen atoms in total. The van der Waals surface area contributed by atoms with Crippen molar-refractivity contribution < 1.29 is 9.26 Å². The zero-order valence-corrected chi connectivity index (χ0v) is 20.9. The molecule has 4 rings (SSSR count). The lowest BCUT2D eigenvalue weighted by atomic mass is 9.95. The highest BCUT2D eigenvalue weighted by Crippen LogP contribution is 2.37. The van der Waals surface area contributed by atoms with E-state index in [1.165, 1.54) is 10.5 Å². The summed E-state index contributed by atoms with van der Waals surface area (Å²) in [5, 5.41) is 8.42. The maximum Gasteiger partial charge on any atom is 0.258 e. The van der Waals surface area contributed by atoms with Gasteiger partial charge in [-0.05, 0) is 55.1 Å². The van der Waals surface area contributed by atoms with Crippen LogP contribution < -0.4 is 5.32 Å². The van der Waals surface area contributed by atoms with Crippen molar-refractivity contribution in [1.29, 1.82) is 0 Å². The largest absolute Gasteiger partial charge is 0.383 e. The van der Waals surface area contributed by atoms with Crippen LogP contribution >= 0.6 is 24.0 Å². The third-order valence-electron chi connectivity index (χ3n) is 5.84. The van der Waals surface area contributed by atoms with Crippen molar-refractivity contribution in [3.63, 3.8) is 0 Å². The topological polar surface area (TPSA) is 63.4 Å². The van der Waals surface area contributed by atoms with E-state index in [4.69, 9.17) is 26.5 Å². The number of hydrogen-bond acceptors (Lipinski definition) is 6. The van der Waals surface area contributed by atoms with Gasteiger partial charge in [0.25, 0.3) is 5.89 Å². The van der Waals surface area contributed by atoms with E-state index in [0.29, 0.717) is 30.0 Å². The van der Waals surface area contributed by atoms with Crippen LogP contribution in [0.3, 0.4) is 0 Å². The Bertz CT molecular complexity index is 1140. The number of thioether (sulfide) groups is 1. The highest BCUT2D eigenvalue weighted by Gasteiger charge is 2.34. The number of aromatic nitrogens is 2. The van der Waals surface area contributed by atoms with Crippen molar-refractivity contribution >= 4 is 34.7 Å². The third-order valence-corrected chi connectivity index (χ3v) is 6.92. The number of hydrogen-bond donors (Lipinski definition) is 1. The van der Waals surface area contributed by atoms with Crippen molar-refractivity contribution in [3.8, 4) is 11.4 Å². The molecule has 0 saturated carbocycles. The summed E-state index contributed by atoms with van der Waals surface area (Å²) in [4.78, 5) is 8.01. The van der Waals surface area contributed by atoms with E-state index in [1.807, 2.05) is 24.0 Å². The molecular formula is C25H28N4O2S2. The third kappa shape index (κ3) is 4.98. The van der Waals surface area contributed by atoms with Gasteiger partial charge in [-0.25, -0.2) is 0 Å². The summed E-state index contributed by atoms with van der Waals surface area (Å²) >= 11 is 7.42. The number of aryl methyl sites for hydroxylation is 1. The summed E-state index contributed by atoms with van der Waals surface area (Å²) in [6, 6.07) is 16.5. The molecule has 8 heteroatoms. The number of ether oxygens (including phenoxy) is 1. The molecule has 2 aromatic carbocycles. The fraction of sp³-hybridized carbons (Fsp3) is 0.320. The van der Waals surface area contributed by atoms with Crippen molar-refractivity contribution in [3.05, 3.63) is 71.2 Å². The molecule has 1 N–H and O–H groups in total. The second-order valence-electron chi connectivity index (χ2n) is 7.77. The number of thiocarbonyl (C=S) groups is 1. The molecule has 2 heterocycles. The summed E-state index contributed by atoms with van der Waals surface area (Å²) in [6.07, 6.45) is 3.06. The normalized spacial score (nSPS) is 16.3. The highest BCUT2D eigenvalue weighted by molar-refractivity contribution is 7.98. The highest BCUT2D eigenvalue weighted by atomic mass is 32.2. The van der Waals surface area contributed by atoms with E-state index in [-0.39, 0.29) is 6.04 Å². The van der Waals surface area contributed by atoms with Crippen LogP contribution in [0.5, 0.6) is 0 Å². The van der Waals surface area contributed by atoms with Gasteiger partial charge in [-0.3, -0.25) is 0 Å². The summed E-state index contributed by atoms with van der Waals surface area (Å²) in [7, 11) is 1.69. The number of allylic oxidation sites excluding steroid dienone is 1. The van der Waals surface area contributed by atoms with Crippen LogP contribution in [-0.4, -0.2) is 46.7 Å². The molecule has 0 fully saturated rings. The van der Waals surface area contributed by atoms with E-state index in [0.717, 1.165) is 28.8 Å². The van der Waals surface area contributed by atoms with Crippen LogP contribution in [-0.2, 0) is 11.2 Å². The molecule has 0 bridgehead atoms.